The highest BCUT2D eigenvalue weighted by molar-refractivity contribution is 6.32. The van der Waals surface area contributed by atoms with Crippen molar-refractivity contribution in [3.05, 3.63) is 11.2 Å². The largest absolute Gasteiger partial charge is 0.368 e. The van der Waals surface area contributed by atoms with Crippen molar-refractivity contribution in [3.8, 4) is 0 Å². The molecule has 1 aromatic heterocycles. The summed E-state index contributed by atoms with van der Waals surface area (Å²) in [4.78, 5) is 7.97. The van der Waals surface area contributed by atoms with E-state index in [9.17, 15) is 0 Å². The molecule has 0 saturated heterocycles. The van der Waals surface area contributed by atoms with Crippen LogP contribution in [0, 0.1) is 5.92 Å². The highest BCUT2D eigenvalue weighted by Gasteiger charge is 2.22. The van der Waals surface area contributed by atoms with Gasteiger partial charge in [-0.15, -0.1) is 0 Å². The van der Waals surface area contributed by atoms with Crippen LogP contribution in [0.3, 0.4) is 0 Å². The molecule has 5 heteroatoms. The maximum atomic E-state index is 6.02. The van der Waals surface area contributed by atoms with E-state index in [1.807, 2.05) is 0 Å². The Hall–Kier alpha value is -1.03. The molecular weight excluding hydrogens is 224 g/mol. The Labute approximate surface area is 101 Å². The van der Waals surface area contributed by atoms with Crippen LogP contribution in [0.15, 0.2) is 6.20 Å². The lowest BCUT2D eigenvalue weighted by Crippen LogP contribution is -2.30. The van der Waals surface area contributed by atoms with Crippen LogP contribution in [0.5, 0.6) is 0 Å². The lowest BCUT2D eigenvalue weighted by Gasteiger charge is -2.30. The molecule has 16 heavy (non-hydrogen) atoms. The predicted octanol–water partition coefficient (Wildman–Crippen LogP) is 2.70. The van der Waals surface area contributed by atoms with Crippen molar-refractivity contribution in [1.29, 1.82) is 0 Å². The van der Waals surface area contributed by atoms with Gasteiger partial charge in [-0.3, -0.25) is 0 Å². The van der Waals surface area contributed by atoms with E-state index >= 15 is 0 Å². The molecule has 4 nitrogen and oxygen atoms in total. The zero-order chi connectivity index (χ0) is 11.5. The Balaban J connectivity index is 2.10. The smallest absolute Gasteiger partial charge is 0.222 e. The van der Waals surface area contributed by atoms with E-state index in [-0.39, 0.29) is 5.95 Å². The highest BCUT2D eigenvalue weighted by atomic mass is 35.5. The van der Waals surface area contributed by atoms with Gasteiger partial charge in [0.1, 0.15) is 5.02 Å². The predicted molar refractivity (Wildman–Crippen MR) is 66.5 cm³/mol. The second-order valence-electron chi connectivity index (χ2n) is 4.44. The zero-order valence-electron chi connectivity index (χ0n) is 9.41. The molecule has 1 aliphatic carbocycles. The molecule has 88 valence electrons. The fraction of sp³-hybridized carbons (Fsp3) is 0.636. The molecule has 1 heterocycles. The number of rotatable bonds is 2. The van der Waals surface area contributed by atoms with Gasteiger partial charge in [-0.1, -0.05) is 31.4 Å². The lowest BCUT2D eigenvalue weighted by atomic mass is 9.86. The minimum absolute atomic E-state index is 0.260. The van der Waals surface area contributed by atoms with Crippen molar-refractivity contribution in [3.63, 3.8) is 0 Å². The third kappa shape index (κ3) is 2.55. The summed E-state index contributed by atoms with van der Waals surface area (Å²) in [5.41, 5.74) is 5.55. The average Bonchev–Trinajstić information content (AvgIpc) is 2.27. The third-order valence-corrected chi connectivity index (χ3v) is 3.47. The van der Waals surface area contributed by atoms with Crippen molar-refractivity contribution in [1.82, 2.24) is 9.97 Å². The van der Waals surface area contributed by atoms with Gasteiger partial charge in [-0.05, 0) is 18.8 Å². The van der Waals surface area contributed by atoms with Gasteiger partial charge in [-0.2, -0.15) is 4.98 Å². The average molecular weight is 241 g/mol. The maximum absolute atomic E-state index is 6.02. The SMILES string of the molecule is CC1CCCCC1Nc1nc(N)ncc1Cl. The number of nitrogens with two attached hydrogens (primary N) is 1. The molecule has 1 aliphatic rings. The van der Waals surface area contributed by atoms with Crippen molar-refractivity contribution in [2.45, 2.75) is 38.6 Å². The summed E-state index contributed by atoms with van der Waals surface area (Å²) < 4.78 is 0. The Morgan fingerprint density at radius 3 is 2.94 bits per heavy atom. The van der Waals surface area contributed by atoms with Crippen LogP contribution in [0.2, 0.25) is 5.02 Å². The summed E-state index contributed by atoms with van der Waals surface area (Å²) in [6.07, 6.45) is 6.55. The fourth-order valence-electron chi connectivity index (χ4n) is 2.19. The normalized spacial score (nSPS) is 25.4. The van der Waals surface area contributed by atoms with Crippen LogP contribution in [0.4, 0.5) is 11.8 Å². The molecule has 2 atom stereocenters. The number of halogens is 1. The molecule has 2 rings (SSSR count). The molecule has 0 amide bonds. The number of nitrogen functional groups attached to an aromatic ring is 1. The van der Waals surface area contributed by atoms with E-state index in [0.29, 0.717) is 22.8 Å². The second kappa shape index (κ2) is 4.87. The lowest BCUT2D eigenvalue weighted by molar-refractivity contribution is 0.349. The first-order valence-corrected chi connectivity index (χ1v) is 6.09. The standard InChI is InChI=1S/C11H17ClN4/c1-7-4-2-3-5-9(7)15-10-8(12)6-14-11(13)16-10/h6-7,9H,2-5H2,1H3,(H3,13,14,15,16). The van der Waals surface area contributed by atoms with E-state index in [2.05, 4.69) is 22.2 Å². The summed E-state index contributed by atoms with van der Waals surface area (Å²) in [6, 6.07) is 0.445. The van der Waals surface area contributed by atoms with Gasteiger partial charge in [0.05, 0.1) is 6.20 Å². The molecular formula is C11H17ClN4. The molecule has 0 aromatic carbocycles. The van der Waals surface area contributed by atoms with Crippen molar-refractivity contribution in [2.75, 3.05) is 11.1 Å². The fourth-order valence-corrected chi connectivity index (χ4v) is 2.33. The summed E-state index contributed by atoms with van der Waals surface area (Å²) in [6.45, 7) is 2.26. The molecule has 0 bridgehead atoms. The maximum Gasteiger partial charge on any atom is 0.222 e. The molecule has 2 unspecified atom stereocenters. The first-order valence-electron chi connectivity index (χ1n) is 5.71. The first kappa shape index (κ1) is 11.5. The van der Waals surface area contributed by atoms with Crippen LogP contribution in [-0.2, 0) is 0 Å². The van der Waals surface area contributed by atoms with Crippen LogP contribution in [0.25, 0.3) is 0 Å². The van der Waals surface area contributed by atoms with E-state index in [1.54, 1.807) is 6.20 Å². The summed E-state index contributed by atoms with van der Waals surface area (Å²) >= 11 is 6.02. The minimum atomic E-state index is 0.260. The monoisotopic (exact) mass is 240 g/mol. The minimum Gasteiger partial charge on any atom is -0.368 e. The van der Waals surface area contributed by atoms with Gasteiger partial charge in [0.15, 0.2) is 5.82 Å². The van der Waals surface area contributed by atoms with Crippen LogP contribution >= 0.6 is 11.6 Å². The van der Waals surface area contributed by atoms with Crippen LogP contribution < -0.4 is 11.1 Å². The number of hydrogen-bond acceptors (Lipinski definition) is 4. The molecule has 0 aliphatic heterocycles. The highest BCUT2D eigenvalue weighted by Crippen LogP contribution is 2.28. The summed E-state index contributed by atoms with van der Waals surface area (Å²) in [5.74, 6) is 1.57. The van der Waals surface area contributed by atoms with E-state index in [4.69, 9.17) is 17.3 Å². The van der Waals surface area contributed by atoms with Gasteiger partial charge < -0.3 is 11.1 Å². The van der Waals surface area contributed by atoms with E-state index in [1.165, 1.54) is 25.7 Å². The van der Waals surface area contributed by atoms with Crippen LogP contribution in [-0.4, -0.2) is 16.0 Å². The topological polar surface area (TPSA) is 63.8 Å². The summed E-state index contributed by atoms with van der Waals surface area (Å²) in [7, 11) is 0. The molecule has 0 radical (unpaired) electrons. The molecule has 1 aromatic rings. The Morgan fingerprint density at radius 1 is 1.44 bits per heavy atom. The van der Waals surface area contributed by atoms with Crippen molar-refractivity contribution >= 4 is 23.4 Å². The number of anilines is 2. The Kier molecular flexibility index (Phi) is 3.49. The zero-order valence-corrected chi connectivity index (χ0v) is 10.2. The van der Waals surface area contributed by atoms with Crippen molar-refractivity contribution in [2.24, 2.45) is 5.92 Å². The summed E-state index contributed by atoms with van der Waals surface area (Å²) in [5, 5.41) is 3.91. The van der Waals surface area contributed by atoms with Gasteiger partial charge in [0.25, 0.3) is 0 Å². The van der Waals surface area contributed by atoms with Crippen LogP contribution in [0.1, 0.15) is 32.6 Å². The number of hydrogen-bond donors (Lipinski definition) is 2. The van der Waals surface area contributed by atoms with Gasteiger partial charge in [0, 0.05) is 6.04 Å². The van der Waals surface area contributed by atoms with E-state index in [0.717, 1.165) is 0 Å². The number of nitrogens with one attached hydrogen (secondary N) is 1. The number of aromatic nitrogens is 2. The second-order valence-corrected chi connectivity index (χ2v) is 4.84. The quantitative estimate of drug-likeness (QED) is 0.834. The molecule has 0 spiro atoms. The van der Waals surface area contributed by atoms with Crippen molar-refractivity contribution < 1.29 is 0 Å². The van der Waals surface area contributed by atoms with Gasteiger partial charge in [0.2, 0.25) is 5.95 Å². The van der Waals surface area contributed by atoms with E-state index < -0.39 is 0 Å². The number of nitrogens with zero attached hydrogens (tertiary/aromatic N) is 2. The van der Waals surface area contributed by atoms with Gasteiger partial charge >= 0.3 is 0 Å². The molecule has 1 fully saturated rings. The van der Waals surface area contributed by atoms with Gasteiger partial charge in [-0.25, -0.2) is 4.98 Å². The Morgan fingerprint density at radius 2 is 2.19 bits per heavy atom. The molecule has 3 N–H and O–H groups in total. The molecule has 1 saturated carbocycles. The Bertz CT molecular complexity index is 369. The third-order valence-electron chi connectivity index (χ3n) is 3.20. The first-order chi connectivity index (χ1) is 7.66.